The first-order valence-corrected chi connectivity index (χ1v) is 6.25. The topological polar surface area (TPSA) is 0 Å². The molecule has 0 fully saturated rings. The Morgan fingerprint density at radius 3 is 2.57 bits per heavy atom. The number of allylic oxidation sites excluding steroid dienone is 1. The Kier molecular flexibility index (Phi) is 5.00. The number of alkyl halides is 1. The summed E-state index contributed by atoms with van der Waals surface area (Å²) in [5.41, 5.74) is 2.43. The maximum atomic E-state index is 5.91. The van der Waals surface area contributed by atoms with E-state index in [1.165, 1.54) is 5.57 Å². The molecule has 0 N–H and O–H groups in total. The van der Waals surface area contributed by atoms with Crippen molar-refractivity contribution in [3.63, 3.8) is 0 Å². The molecule has 0 heterocycles. The van der Waals surface area contributed by atoms with Crippen LogP contribution in [0.2, 0.25) is 10.0 Å². The monoisotopic (exact) mass is 292 g/mol. The molecule has 0 amide bonds. The fraction of sp³-hybridized carbons (Fsp3) is 0.273. The van der Waals surface area contributed by atoms with Crippen LogP contribution in [0.15, 0.2) is 23.8 Å². The molecule has 0 unspecified atom stereocenters. The highest BCUT2D eigenvalue weighted by molar-refractivity contribution is 9.09. The van der Waals surface area contributed by atoms with Crippen molar-refractivity contribution in [2.45, 2.75) is 13.3 Å². The van der Waals surface area contributed by atoms with Gasteiger partial charge in [0, 0.05) is 5.33 Å². The predicted molar refractivity (Wildman–Crippen MR) is 68.5 cm³/mol. The van der Waals surface area contributed by atoms with Crippen molar-refractivity contribution >= 4 is 45.2 Å². The summed E-state index contributed by atoms with van der Waals surface area (Å²) >= 11 is 15.2. The SMILES string of the molecule is CCC(=Cc1ccc(Cl)c(Cl)c1)CBr. The molecular weight excluding hydrogens is 283 g/mol. The zero-order valence-corrected chi connectivity index (χ0v) is 11.0. The molecule has 76 valence electrons. The minimum absolute atomic E-state index is 0.598. The molecule has 3 heteroatoms. The first-order valence-electron chi connectivity index (χ1n) is 4.37. The second kappa shape index (κ2) is 5.79. The van der Waals surface area contributed by atoms with Crippen LogP contribution in [-0.2, 0) is 0 Å². The molecule has 1 aromatic carbocycles. The van der Waals surface area contributed by atoms with Crippen LogP contribution >= 0.6 is 39.1 Å². The summed E-state index contributed by atoms with van der Waals surface area (Å²) in [6.45, 7) is 2.13. The van der Waals surface area contributed by atoms with E-state index in [2.05, 4.69) is 28.9 Å². The lowest BCUT2D eigenvalue weighted by atomic mass is 10.1. The Balaban J connectivity index is 2.97. The van der Waals surface area contributed by atoms with Gasteiger partial charge in [0.15, 0.2) is 0 Å². The van der Waals surface area contributed by atoms with E-state index in [-0.39, 0.29) is 0 Å². The average Bonchev–Trinajstić information content (AvgIpc) is 2.19. The van der Waals surface area contributed by atoms with Gasteiger partial charge in [0.05, 0.1) is 10.0 Å². The third-order valence-electron chi connectivity index (χ3n) is 1.94. The predicted octanol–water partition coefficient (Wildman–Crippen LogP) is 5.18. The standard InChI is InChI=1S/C11H11BrCl2/c1-2-8(7-12)5-9-3-4-10(13)11(14)6-9/h3-6H,2,7H2,1H3. The summed E-state index contributed by atoms with van der Waals surface area (Å²) in [5, 5.41) is 2.09. The molecule has 1 rings (SSSR count). The summed E-state index contributed by atoms with van der Waals surface area (Å²) in [6.07, 6.45) is 3.16. The van der Waals surface area contributed by atoms with E-state index in [1.807, 2.05) is 18.2 Å². The van der Waals surface area contributed by atoms with Gasteiger partial charge in [-0.15, -0.1) is 0 Å². The first-order chi connectivity index (χ1) is 6.67. The average molecular weight is 294 g/mol. The van der Waals surface area contributed by atoms with Gasteiger partial charge in [0.25, 0.3) is 0 Å². The second-order valence-electron chi connectivity index (χ2n) is 2.96. The summed E-state index contributed by atoms with van der Waals surface area (Å²) in [5.74, 6) is 0. The first kappa shape index (κ1) is 12.1. The van der Waals surface area contributed by atoms with Gasteiger partial charge in [-0.25, -0.2) is 0 Å². The molecule has 0 aromatic heterocycles. The Labute approximate surface area is 103 Å². The maximum absolute atomic E-state index is 5.91. The van der Waals surface area contributed by atoms with Gasteiger partial charge >= 0.3 is 0 Å². The number of hydrogen-bond acceptors (Lipinski definition) is 0. The fourth-order valence-corrected chi connectivity index (χ4v) is 1.94. The molecule has 0 spiro atoms. The van der Waals surface area contributed by atoms with Gasteiger partial charge in [-0.1, -0.05) is 63.8 Å². The van der Waals surface area contributed by atoms with Crippen LogP contribution in [0.1, 0.15) is 18.9 Å². The van der Waals surface area contributed by atoms with E-state index in [0.717, 1.165) is 17.3 Å². The van der Waals surface area contributed by atoms with Crippen molar-refractivity contribution in [2.24, 2.45) is 0 Å². The quantitative estimate of drug-likeness (QED) is 0.674. The molecule has 0 saturated heterocycles. The molecule has 1 aromatic rings. The van der Waals surface area contributed by atoms with Crippen LogP contribution in [0.25, 0.3) is 6.08 Å². The Morgan fingerprint density at radius 2 is 2.07 bits per heavy atom. The van der Waals surface area contributed by atoms with Gasteiger partial charge in [-0.3, -0.25) is 0 Å². The third-order valence-corrected chi connectivity index (χ3v) is 3.40. The molecule has 0 atom stereocenters. The van der Waals surface area contributed by atoms with Crippen LogP contribution in [-0.4, -0.2) is 5.33 Å². The highest BCUT2D eigenvalue weighted by Gasteiger charge is 1.98. The van der Waals surface area contributed by atoms with Crippen molar-refractivity contribution in [3.8, 4) is 0 Å². The highest BCUT2D eigenvalue weighted by Crippen LogP contribution is 2.24. The lowest BCUT2D eigenvalue weighted by molar-refractivity contribution is 1.12. The van der Waals surface area contributed by atoms with Crippen molar-refractivity contribution in [1.82, 2.24) is 0 Å². The van der Waals surface area contributed by atoms with Gasteiger partial charge in [-0.05, 0) is 24.1 Å². The summed E-state index contributed by atoms with van der Waals surface area (Å²) < 4.78 is 0. The summed E-state index contributed by atoms with van der Waals surface area (Å²) in [6, 6.07) is 5.66. The Morgan fingerprint density at radius 1 is 1.36 bits per heavy atom. The van der Waals surface area contributed by atoms with Gasteiger partial charge < -0.3 is 0 Å². The van der Waals surface area contributed by atoms with Crippen LogP contribution < -0.4 is 0 Å². The normalized spacial score (nSPS) is 11.9. The molecule has 0 radical (unpaired) electrons. The van der Waals surface area contributed by atoms with Crippen LogP contribution in [0.5, 0.6) is 0 Å². The van der Waals surface area contributed by atoms with E-state index in [1.54, 1.807) is 0 Å². The molecule has 0 aliphatic heterocycles. The molecular formula is C11H11BrCl2. The minimum atomic E-state index is 0.598. The van der Waals surface area contributed by atoms with E-state index in [4.69, 9.17) is 23.2 Å². The molecule has 0 saturated carbocycles. The maximum Gasteiger partial charge on any atom is 0.0598 e. The van der Waals surface area contributed by atoms with Gasteiger partial charge in [0.2, 0.25) is 0 Å². The van der Waals surface area contributed by atoms with Crippen molar-refractivity contribution in [2.75, 3.05) is 5.33 Å². The lowest BCUT2D eigenvalue weighted by Gasteiger charge is -2.01. The van der Waals surface area contributed by atoms with Crippen LogP contribution in [0.4, 0.5) is 0 Å². The smallest absolute Gasteiger partial charge is 0.0598 e. The third kappa shape index (κ3) is 3.30. The zero-order valence-electron chi connectivity index (χ0n) is 7.86. The van der Waals surface area contributed by atoms with E-state index in [0.29, 0.717) is 10.0 Å². The summed E-state index contributed by atoms with van der Waals surface area (Å²) in [7, 11) is 0. The molecule has 0 aliphatic carbocycles. The highest BCUT2D eigenvalue weighted by atomic mass is 79.9. The van der Waals surface area contributed by atoms with Gasteiger partial charge in [0.1, 0.15) is 0 Å². The van der Waals surface area contributed by atoms with Crippen molar-refractivity contribution < 1.29 is 0 Å². The lowest BCUT2D eigenvalue weighted by Crippen LogP contribution is -1.82. The number of rotatable bonds is 3. The van der Waals surface area contributed by atoms with E-state index in [9.17, 15) is 0 Å². The molecule has 0 nitrogen and oxygen atoms in total. The molecule has 0 aliphatic rings. The van der Waals surface area contributed by atoms with Gasteiger partial charge in [-0.2, -0.15) is 0 Å². The second-order valence-corrected chi connectivity index (χ2v) is 4.34. The number of halogens is 3. The zero-order chi connectivity index (χ0) is 10.6. The van der Waals surface area contributed by atoms with Crippen molar-refractivity contribution in [3.05, 3.63) is 39.4 Å². The van der Waals surface area contributed by atoms with Crippen LogP contribution in [0, 0.1) is 0 Å². The number of benzene rings is 1. The summed E-state index contributed by atoms with van der Waals surface area (Å²) in [4.78, 5) is 0. The Hall–Kier alpha value is 0.0200. The fourth-order valence-electron chi connectivity index (χ4n) is 1.07. The largest absolute Gasteiger partial charge is 0.0880 e. The Bertz CT molecular complexity index is 339. The minimum Gasteiger partial charge on any atom is -0.0880 e. The van der Waals surface area contributed by atoms with E-state index >= 15 is 0 Å². The molecule has 14 heavy (non-hydrogen) atoms. The van der Waals surface area contributed by atoms with Crippen LogP contribution in [0.3, 0.4) is 0 Å². The van der Waals surface area contributed by atoms with Crippen molar-refractivity contribution in [1.29, 1.82) is 0 Å². The molecule has 0 bridgehead atoms. The number of hydrogen-bond donors (Lipinski definition) is 0. The van der Waals surface area contributed by atoms with E-state index < -0.39 is 0 Å².